The number of nitrogens with zero attached hydrogens (tertiary/aromatic N) is 1. The van der Waals surface area contributed by atoms with Crippen LogP contribution >= 0.6 is 0 Å². The summed E-state index contributed by atoms with van der Waals surface area (Å²) >= 11 is 0. The van der Waals surface area contributed by atoms with Crippen LogP contribution in [0.4, 0.5) is 14.5 Å². The van der Waals surface area contributed by atoms with Gasteiger partial charge in [0.2, 0.25) is 10.0 Å². The number of rotatable bonds is 6. The first-order valence-electron chi connectivity index (χ1n) is 7.46. The molecule has 0 radical (unpaired) electrons. The van der Waals surface area contributed by atoms with Crippen molar-refractivity contribution >= 4 is 21.6 Å². The van der Waals surface area contributed by atoms with Crippen molar-refractivity contribution in [3.8, 4) is 0 Å². The van der Waals surface area contributed by atoms with Crippen LogP contribution < -0.4 is 10.0 Å². The summed E-state index contributed by atoms with van der Waals surface area (Å²) in [6.45, 7) is 3.50. The van der Waals surface area contributed by atoms with E-state index in [4.69, 9.17) is 0 Å². The molecule has 1 amide bonds. The summed E-state index contributed by atoms with van der Waals surface area (Å²) in [5, 5.41) is 2.27. The molecule has 1 aromatic carbocycles. The fourth-order valence-corrected chi connectivity index (χ4v) is 3.29. The van der Waals surface area contributed by atoms with E-state index in [1.807, 2.05) is 6.92 Å². The molecule has 0 bridgehead atoms. The highest BCUT2D eigenvalue weighted by Crippen LogP contribution is 2.18. The molecule has 0 aliphatic heterocycles. The minimum Gasteiger partial charge on any atom is -0.320 e. The molecule has 6 nitrogen and oxygen atoms in total. The van der Waals surface area contributed by atoms with Crippen molar-refractivity contribution < 1.29 is 22.0 Å². The molecule has 1 aromatic heterocycles. The van der Waals surface area contributed by atoms with Gasteiger partial charge in [0, 0.05) is 12.1 Å². The third kappa shape index (κ3) is 4.80. The van der Waals surface area contributed by atoms with Crippen LogP contribution in [0, 0.1) is 11.6 Å². The number of nitrogens with one attached hydrogen (secondary N) is 2. The van der Waals surface area contributed by atoms with E-state index in [1.165, 1.54) is 6.20 Å². The van der Waals surface area contributed by atoms with Gasteiger partial charge < -0.3 is 5.32 Å². The average Bonchev–Trinajstić information content (AvgIpc) is 2.54. The number of benzene rings is 1. The molecule has 2 N–H and O–H groups in total. The van der Waals surface area contributed by atoms with E-state index in [-0.39, 0.29) is 16.6 Å². The Bertz CT molecular complexity index is 888. The van der Waals surface area contributed by atoms with Gasteiger partial charge in [-0.05, 0) is 31.5 Å². The molecule has 0 fully saturated rings. The van der Waals surface area contributed by atoms with Crippen molar-refractivity contribution in [2.75, 3.05) is 5.32 Å². The Balaban J connectivity index is 2.31. The number of pyridine rings is 1. The van der Waals surface area contributed by atoms with Gasteiger partial charge >= 0.3 is 0 Å². The van der Waals surface area contributed by atoms with Crippen molar-refractivity contribution in [1.29, 1.82) is 0 Å². The number of sulfonamides is 1. The first-order valence-corrected chi connectivity index (χ1v) is 8.95. The van der Waals surface area contributed by atoms with Crippen LogP contribution in [0.25, 0.3) is 0 Å². The fraction of sp³-hybridized carbons (Fsp3) is 0.250. The summed E-state index contributed by atoms with van der Waals surface area (Å²) in [5.41, 5.74) is -0.452. The monoisotopic (exact) mass is 369 g/mol. The topological polar surface area (TPSA) is 88.2 Å². The fourth-order valence-electron chi connectivity index (χ4n) is 1.94. The van der Waals surface area contributed by atoms with Gasteiger partial charge in [0.15, 0.2) is 0 Å². The summed E-state index contributed by atoms with van der Waals surface area (Å²) in [4.78, 5) is 15.5. The maximum Gasteiger partial charge on any atom is 0.258 e. The van der Waals surface area contributed by atoms with Crippen LogP contribution in [-0.2, 0) is 10.0 Å². The molecule has 0 spiro atoms. The predicted octanol–water partition coefficient (Wildman–Crippen LogP) is 2.69. The van der Waals surface area contributed by atoms with E-state index < -0.39 is 33.1 Å². The minimum atomic E-state index is -3.89. The Morgan fingerprint density at radius 3 is 2.60 bits per heavy atom. The molecular formula is C16H17F2N3O3S. The minimum absolute atomic E-state index is 0.0235. The highest BCUT2D eigenvalue weighted by atomic mass is 32.2. The third-order valence-corrected chi connectivity index (χ3v) is 5.01. The normalized spacial score (nSPS) is 12.6. The maximum absolute atomic E-state index is 14.0. The zero-order chi connectivity index (χ0) is 18.6. The highest BCUT2D eigenvalue weighted by molar-refractivity contribution is 7.89. The van der Waals surface area contributed by atoms with Crippen LogP contribution in [0.5, 0.6) is 0 Å². The maximum atomic E-state index is 14.0. The van der Waals surface area contributed by atoms with Crippen molar-refractivity contribution in [2.45, 2.75) is 31.2 Å². The lowest BCUT2D eigenvalue weighted by Gasteiger charge is -2.13. The quantitative estimate of drug-likeness (QED) is 0.819. The molecule has 0 saturated heterocycles. The third-order valence-electron chi connectivity index (χ3n) is 3.42. The number of hydrogen-bond donors (Lipinski definition) is 2. The molecule has 134 valence electrons. The van der Waals surface area contributed by atoms with Crippen LogP contribution in [0.3, 0.4) is 0 Å². The second-order valence-corrected chi connectivity index (χ2v) is 7.13. The number of halogens is 2. The molecule has 9 heteroatoms. The lowest BCUT2D eigenvalue weighted by atomic mass is 10.2. The molecular weight excluding hydrogens is 352 g/mol. The van der Waals surface area contributed by atoms with Gasteiger partial charge in [0.1, 0.15) is 11.6 Å². The van der Waals surface area contributed by atoms with Crippen molar-refractivity contribution in [3.05, 3.63) is 53.9 Å². The number of hydrogen-bond acceptors (Lipinski definition) is 4. The molecule has 0 aliphatic rings. The Hall–Kier alpha value is -2.39. The number of carbonyl (C=O) groups is 1. The van der Waals surface area contributed by atoms with Crippen molar-refractivity contribution in [2.24, 2.45) is 0 Å². The highest BCUT2D eigenvalue weighted by Gasteiger charge is 2.21. The van der Waals surface area contributed by atoms with Crippen LogP contribution in [0.1, 0.15) is 30.6 Å². The summed E-state index contributed by atoms with van der Waals surface area (Å²) in [6, 6.07) is 3.59. The van der Waals surface area contributed by atoms with Crippen molar-refractivity contribution in [3.63, 3.8) is 0 Å². The van der Waals surface area contributed by atoms with Crippen LogP contribution in [0.15, 0.2) is 41.6 Å². The number of amides is 1. The van der Waals surface area contributed by atoms with E-state index in [0.717, 1.165) is 30.5 Å². The molecule has 2 aromatic rings. The summed E-state index contributed by atoms with van der Waals surface area (Å²) in [7, 11) is -3.89. The second kappa shape index (κ2) is 7.66. The number of anilines is 1. The lowest BCUT2D eigenvalue weighted by molar-refractivity contribution is 0.102. The first kappa shape index (κ1) is 18.9. The Labute approximate surface area is 144 Å². The van der Waals surface area contributed by atoms with E-state index in [1.54, 1.807) is 6.92 Å². The zero-order valence-electron chi connectivity index (χ0n) is 13.6. The van der Waals surface area contributed by atoms with Gasteiger partial charge in [0.25, 0.3) is 5.91 Å². The lowest BCUT2D eigenvalue weighted by Crippen LogP contribution is -2.32. The standard InChI is InChI=1S/C16H17F2N3O3S/c1-3-10(2)21-25(23,24)13-4-5-15(18)14(7-13)16(22)20-12-6-11(17)8-19-9-12/h4-10,21H,3H2,1-2H3,(H,20,22). The number of aromatic nitrogens is 1. The SMILES string of the molecule is CCC(C)NS(=O)(=O)c1ccc(F)c(C(=O)Nc2cncc(F)c2)c1. The van der Waals surface area contributed by atoms with Gasteiger partial charge in [-0.1, -0.05) is 6.92 Å². The Morgan fingerprint density at radius 1 is 1.24 bits per heavy atom. The molecule has 1 unspecified atom stereocenters. The molecule has 0 aliphatic carbocycles. The van der Waals surface area contributed by atoms with Gasteiger partial charge in [0.05, 0.1) is 28.5 Å². The molecule has 0 saturated carbocycles. The molecule has 25 heavy (non-hydrogen) atoms. The van der Waals surface area contributed by atoms with E-state index in [0.29, 0.717) is 6.42 Å². The largest absolute Gasteiger partial charge is 0.320 e. The molecule has 1 heterocycles. The summed E-state index contributed by atoms with van der Waals surface area (Å²) in [6.07, 6.45) is 2.70. The van der Waals surface area contributed by atoms with E-state index in [2.05, 4.69) is 15.0 Å². The second-order valence-electron chi connectivity index (χ2n) is 5.42. The molecule has 2 rings (SSSR count). The Morgan fingerprint density at radius 2 is 1.96 bits per heavy atom. The smallest absolute Gasteiger partial charge is 0.258 e. The number of carbonyl (C=O) groups excluding carboxylic acids is 1. The van der Waals surface area contributed by atoms with Crippen molar-refractivity contribution in [1.82, 2.24) is 9.71 Å². The van der Waals surface area contributed by atoms with Crippen LogP contribution in [-0.4, -0.2) is 25.4 Å². The Kier molecular flexibility index (Phi) is 5.81. The zero-order valence-corrected chi connectivity index (χ0v) is 14.4. The average molecular weight is 369 g/mol. The first-order chi connectivity index (χ1) is 11.7. The van der Waals surface area contributed by atoms with Gasteiger partial charge in [-0.2, -0.15) is 0 Å². The van der Waals surface area contributed by atoms with Crippen LogP contribution in [0.2, 0.25) is 0 Å². The van der Waals surface area contributed by atoms with Gasteiger partial charge in [-0.3, -0.25) is 9.78 Å². The summed E-state index contributed by atoms with van der Waals surface area (Å²) in [5.74, 6) is -2.48. The van der Waals surface area contributed by atoms with E-state index in [9.17, 15) is 22.0 Å². The van der Waals surface area contributed by atoms with Gasteiger partial charge in [-0.15, -0.1) is 0 Å². The molecule has 1 atom stereocenters. The van der Waals surface area contributed by atoms with Gasteiger partial charge in [-0.25, -0.2) is 21.9 Å². The summed E-state index contributed by atoms with van der Waals surface area (Å²) < 4.78 is 54.0. The predicted molar refractivity (Wildman–Crippen MR) is 88.6 cm³/mol. The van der Waals surface area contributed by atoms with E-state index >= 15 is 0 Å².